The first kappa shape index (κ1) is 10.6. The van der Waals surface area contributed by atoms with E-state index in [4.69, 9.17) is 10.8 Å². The Morgan fingerprint density at radius 2 is 2.29 bits per heavy atom. The Morgan fingerprint density at radius 3 is 2.71 bits per heavy atom. The molecule has 76 valence electrons. The minimum atomic E-state index is -0.476. The average Bonchev–Trinajstić information content (AvgIpc) is 2.16. The maximum Gasteiger partial charge on any atom is 0.269 e. The van der Waals surface area contributed by atoms with E-state index in [9.17, 15) is 10.1 Å². The fraction of sp³-hybridized carbons (Fsp3) is 0.333. The molecule has 1 unspecified atom stereocenters. The summed E-state index contributed by atoms with van der Waals surface area (Å²) in [5.74, 6) is 0. The number of aliphatic hydroxyl groups is 1. The number of non-ortho nitro benzene ring substituents is 1. The van der Waals surface area contributed by atoms with Crippen LogP contribution in [0.5, 0.6) is 0 Å². The normalized spacial score (nSPS) is 12.5. The number of hydrogen-bond donors (Lipinski definition) is 2. The lowest BCUT2D eigenvalue weighted by Gasteiger charge is -2.10. The van der Waals surface area contributed by atoms with Crippen LogP contribution in [-0.4, -0.2) is 16.6 Å². The van der Waals surface area contributed by atoms with Gasteiger partial charge in [0.25, 0.3) is 5.69 Å². The summed E-state index contributed by atoms with van der Waals surface area (Å²) in [6.07, 6.45) is 0. The van der Waals surface area contributed by atoms with E-state index in [0.29, 0.717) is 0 Å². The van der Waals surface area contributed by atoms with E-state index >= 15 is 0 Å². The largest absolute Gasteiger partial charge is 0.394 e. The van der Waals surface area contributed by atoms with Gasteiger partial charge < -0.3 is 10.8 Å². The summed E-state index contributed by atoms with van der Waals surface area (Å²) in [6, 6.07) is 3.94. The molecule has 5 heteroatoms. The van der Waals surface area contributed by atoms with Crippen LogP contribution >= 0.6 is 0 Å². The fourth-order valence-electron chi connectivity index (χ4n) is 1.29. The Morgan fingerprint density at radius 1 is 1.64 bits per heavy atom. The first-order valence-electron chi connectivity index (χ1n) is 4.17. The molecule has 0 saturated carbocycles. The lowest BCUT2D eigenvalue weighted by Crippen LogP contribution is -2.15. The van der Waals surface area contributed by atoms with Crippen molar-refractivity contribution in [2.24, 2.45) is 5.73 Å². The van der Waals surface area contributed by atoms with Crippen molar-refractivity contribution in [3.63, 3.8) is 0 Å². The second kappa shape index (κ2) is 4.17. The summed E-state index contributed by atoms with van der Waals surface area (Å²) in [5.41, 5.74) is 7.10. The van der Waals surface area contributed by atoms with Gasteiger partial charge in [-0.3, -0.25) is 10.1 Å². The molecule has 0 spiro atoms. The van der Waals surface area contributed by atoms with Crippen LogP contribution in [0.1, 0.15) is 17.2 Å². The van der Waals surface area contributed by atoms with Crippen LogP contribution < -0.4 is 5.73 Å². The molecule has 0 heterocycles. The molecule has 0 saturated heterocycles. The highest BCUT2D eigenvalue weighted by atomic mass is 16.6. The minimum Gasteiger partial charge on any atom is -0.394 e. The summed E-state index contributed by atoms with van der Waals surface area (Å²) < 4.78 is 0. The van der Waals surface area contributed by atoms with Gasteiger partial charge in [-0.05, 0) is 18.1 Å². The molecule has 0 bridgehead atoms. The molecule has 14 heavy (non-hydrogen) atoms. The topological polar surface area (TPSA) is 89.4 Å². The van der Waals surface area contributed by atoms with Crippen LogP contribution in [0.2, 0.25) is 0 Å². The highest BCUT2D eigenvalue weighted by Gasteiger charge is 2.11. The molecular formula is C9H12N2O3. The van der Waals surface area contributed by atoms with Crippen molar-refractivity contribution in [3.05, 3.63) is 39.4 Å². The monoisotopic (exact) mass is 196 g/mol. The maximum atomic E-state index is 10.4. The minimum absolute atomic E-state index is 0.0383. The summed E-state index contributed by atoms with van der Waals surface area (Å²) in [5, 5.41) is 19.3. The van der Waals surface area contributed by atoms with Crippen LogP contribution in [0.4, 0.5) is 5.69 Å². The van der Waals surface area contributed by atoms with Gasteiger partial charge in [0.15, 0.2) is 0 Å². The molecule has 1 rings (SSSR count). The number of nitrogens with two attached hydrogens (primary N) is 1. The SMILES string of the molecule is Cc1cc([N+](=O)[O-])ccc1C(N)CO. The van der Waals surface area contributed by atoms with Gasteiger partial charge in [-0.25, -0.2) is 0 Å². The predicted molar refractivity (Wildman–Crippen MR) is 51.8 cm³/mol. The number of nitro groups is 1. The lowest BCUT2D eigenvalue weighted by atomic mass is 10.0. The van der Waals surface area contributed by atoms with Gasteiger partial charge in [-0.15, -0.1) is 0 Å². The highest BCUT2D eigenvalue weighted by Crippen LogP contribution is 2.20. The maximum absolute atomic E-state index is 10.4. The zero-order valence-electron chi connectivity index (χ0n) is 7.80. The quantitative estimate of drug-likeness (QED) is 0.555. The van der Waals surface area contributed by atoms with Gasteiger partial charge in [0.2, 0.25) is 0 Å². The van der Waals surface area contributed by atoms with Gasteiger partial charge >= 0.3 is 0 Å². The Bertz CT molecular complexity index is 352. The van der Waals surface area contributed by atoms with E-state index < -0.39 is 11.0 Å². The lowest BCUT2D eigenvalue weighted by molar-refractivity contribution is -0.384. The predicted octanol–water partition coefficient (Wildman–Crippen LogP) is 0.895. The first-order valence-corrected chi connectivity index (χ1v) is 4.17. The van der Waals surface area contributed by atoms with E-state index in [1.54, 1.807) is 13.0 Å². The smallest absolute Gasteiger partial charge is 0.269 e. The van der Waals surface area contributed by atoms with Crippen molar-refractivity contribution in [1.82, 2.24) is 0 Å². The Balaban J connectivity index is 3.07. The number of rotatable bonds is 3. The van der Waals surface area contributed by atoms with Gasteiger partial charge in [-0.1, -0.05) is 6.07 Å². The van der Waals surface area contributed by atoms with E-state index in [1.807, 2.05) is 0 Å². The summed E-state index contributed by atoms with van der Waals surface area (Å²) in [4.78, 5) is 9.97. The number of hydrogen-bond acceptors (Lipinski definition) is 4. The molecule has 0 fully saturated rings. The van der Waals surface area contributed by atoms with E-state index in [0.717, 1.165) is 11.1 Å². The number of nitro benzene ring substituents is 1. The van der Waals surface area contributed by atoms with E-state index in [-0.39, 0.29) is 12.3 Å². The zero-order valence-corrected chi connectivity index (χ0v) is 7.80. The van der Waals surface area contributed by atoms with E-state index in [2.05, 4.69) is 0 Å². The molecule has 0 aliphatic rings. The number of nitrogens with zero attached hydrogens (tertiary/aromatic N) is 1. The van der Waals surface area contributed by atoms with Crippen LogP contribution in [0.25, 0.3) is 0 Å². The second-order valence-electron chi connectivity index (χ2n) is 3.09. The van der Waals surface area contributed by atoms with Gasteiger partial charge in [0, 0.05) is 12.1 Å². The van der Waals surface area contributed by atoms with Crippen LogP contribution in [0, 0.1) is 17.0 Å². The molecular weight excluding hydrogens is 184 g/mol. The van der Waals surface area contributed by atoms with Gasteiger partial charge in [-0.2, -0.15) is 0 Å². The molecule has 1 atom stereocenters. The Labute approximate surface area is 81.3 Å². The number of aryl methyl sites for hydroxylation is 1. The van der Waals surface area contributed by atoms with Crippen LogP contribution in [-0.2, 0) is 0 Å². The van der Waals surface area contributed by atoms with Crippen molar-refractivity contribution in [3.8, 4) is 0 Å². The molecule has 0 aliphatic heterocycles. The van der Waals surface area contributed by atoms with Crippen molar-refractivity contribution in [1.29, 1.82) is 0 Å². The van der Waals surface area contributed by atoms with Gasteiger partial charge in [0.05, 0.1) is 17.6 Å². The summed E-state index contributed by atoms with van der Waals surface area (Å²) in [6.45, 7) is 1.57. The van der Waals surface area contributed by atoms with Crippen LogP contribution in [0.3, 0.4) is 0 Å². The Hall–Kier alpha value is -1.46. The molecule has 3 N–H and O–H groups in total. The molecule has 0 amide bonds. The second-order valence-corrected chi connectivity index (χ2v) is 3.09. The molecule has 1 aromatic rings. The van der Waals surface area contributed by atoms with E-state index in [1.165, 1.54) is 12.1 Å². The zero-order chi connectivity index (χ0) is 10.7. The first-order chi connectivity index (χ1) is 6.56. The summed E-state index contributed by atoms with van der Waals surface area (Å²) in [7, 11) is 0. The molecule has 0 aliphatic carbocycles. The fourth-order valence-corrected chi connectivity index (χ4v) is 1.29. The molecule has 1 aromatic carbocycles. The third-order valence-electron chi connectivity index (χ3n) is 2.06. The van der Waals surface area contributed by atoms with Crippen molar-refractivity contribution >= 4 is 5.69 Å². The van der Waals surface area contributed by atoms with Crippen LogP contribution in [0.15, 0.2) is 18.2 Å². The number of aliphatic hydroxyl groups excluding tert-OH is 1. The standard InChI is InChI=1S/C9H12N2O3/c1-6-4-7(11(13)14)2-3-8(6)9(10)5-12/h2-4,9,12H,5,10H2,1H3. The molecule has 0 radical (unpaired) electrons. The highest BCUT2D eigenvalue weighted by molar-refractivity contribution is 5.40. The number of benzene rings is 1. The van der Waals surface area contributed by atoms with Crippen molar-refractivity contribution in [2.45, 2.75) is 13.0 Å². The van der Waals surface area contributed by atoms with Crippen molar-refractivity contribution in [2.75, 3.05) is 6.61 Å². The molecule has 0 aromatic heterocycles. The third kappa shape index (κ3) is 2.07. The third-order valence-corrected chi connectivity index (χ3v) is 2.06. The Kier molecular flexibility index (Phi) is 3.16. The van der Waals surface area contributed by atoms with Gasteiger partial charge in [0.1, 0.15) is 0 Å². The summed E-state index contributed by atoms with van der Waals surface area (Å²) >= 11 is 0. The molecule has 5 nitrogen and oxygen atoms in total. The average molecular weight is 196 g/mol. The van der Waals surface area contributed by atoms with Crippen molar-refractivity contribution < 1.29 is 10.0 Å².